The quantitative estimate of drug-likeness (QED) is 0.833. The van der Waals surface area contributed by atoms with Crippen LogP contribution in [0.15, 0.2) is 36.4 Å². The van der Waals surface area contributed by atoms with E-state index in [1.807, 2.05) is 24.3 Å². The first-order valence-electron chi connectivity index (χ1n) is 6.32. The lowest BCUT2D eigenvalue weighted by Crippen LogP contribution is -1.99. The molecule has 0 amide bonds. The Hall–Kier alpha value is -2.04. The van der Waals surface area contributed by atoms with Crippen LogP contribution in [-0.2, 0) is 13.2 Å². The van der Waals surface area contributed by atoms with Gasteiger partial charge < -0.3 is 14.6 Å². The largest absolute Gasteiger partial charge is 0.493 e. The van der Waals surface area contributed by atoms with Crippen LogP contribution in [0.4, 0.5) is 0 Å². The van der Waals surface area contributed by atoms with Gasteiger partial charge in [-0.2, -0.15) is 0 Å². The molecule has 0 heterocycles. The Morgan fingerprint density at radius 3 is 2.43 bits per heavy atom. The summed E-state index contributed by atoms with van der Waals surface area (Å²) in [6, 6.07) is 10.5. The smallest absolute Gasteiger partial charge is 0.180 e. The lowest BCUT2D eigenvalue weighted by molar-refractivity contribution is 0.112. The summed E-state index contributed by atoms with van der Waals surface area (Å²) in [6.45, 7) is 0.316. The zero-order chi connectivity index (χ0) is 15.2. The summed E-state index contributed by atoms with van der Waals surface area (Å²) in [4.78, 5) is 10.8. The van der Waals surface area contributed by atoms with Crippen molar-refractivity contribution in [3.63, 3.8) is 0 Å². The molecule has 0 aliphatic heterocycles. The predicted octanol–water partition coefficient (Wildman–Crippen LogP) is 3.23. The Morgan fingerprint density at radius 2 is 1.86 bits per heavy atom. The van der Waals surface area contributed by atoms with Crippen LogP contribution in [0.1, 0.15) is 21.5 Å². The van der Waals surface area contributed by atoms with Gasteiger partial charge in [0.05, 0.1) is 18.7 Å². The van der Waals surface area contributed by atoms with Gasteiger partial charge in [0, 0.05) is 5.56 Å². The predicted molar refractivity (Wildman–Crippen MR) is 80.1 cm³/mol. The fourth-order valence-corrected chi connectivity index (χ4v) is 2.12. The van der Waals surface area contributed by atoms with Crippen LogP contribution in [0.2, 0.25) is 5.02 Å². The number of halogens is 1. The minimum absolute atomic E-state index is 0.00788. The Kier molecular flexibility index (Phi) is 5.20. The van der Waals surface area contributed by atoms with Gasteiger partial charge in [-0.1, -0.05) is 35.9 Å². The molecule has 0 aliphatic carbocycles. The molecule has 0 unspecified atom stereocenters. The van der Waals surface area contributed by atoms with Crippen molar-refractivity contribution in [1.82, 2.24) is 0 Å². The zero-order valence-electron chi connectivity index (χ0n) is 11.5. The number of rotatable bonds is 6. The summed E-state index contributed by atoms with van der Waals surface area (Å²) in [5, 5.41) is 9.32. The number of aldehydes is 1. The second kappa shape index (κ2) is 7.11. The van der Waals surface area contributed by atoms with Crippen molar-refractivity contribution in [3.05, 3.63) is 58.1 Å². The van der Waals surface area contributed by atoms with Crippen LogP contribution >= 0.6 is 11.6 Å². The van der Waals surface area contributed by atoms with Crippen LogP contribution in [0.5, 0.6) is 11.5 Å². The maximum Gasteiger partial charge on any atom is 0.180 e. The summed E-state index contributed by atoms with van der Waals surface area (Å²) in [7, 11) is 1.49. The van der Waals surface area contributed by atoms with E-state index in [2.05, 4.69) is 0 Å². The Labute approximate surface area is 127 Å². The van der Waals surface area contributed by atoms with Crippen molar-refractivity contribution < 1.29 is 19.4 Å². The topological polar surface area (TPSA) is 55.8 Å². The minimum atomic E-state index is 0.00788. The average Bonchev–Trinajstić information content (AvgIpc) is 2.53. The molecule has 0 spiro atoms. The van der Waals surface area contributed by atoms with Gasteiger partial charge in [0.1, 0.15) is 12.9 Å². The van der Waals surface area contributed by atoms with Gasteiger partial charge >= 0.3 is 0 Å². The number of hydrogen-bond donors (Lipinski definition) is 1. The van der Waals surface area contributed by atoms with E-state index < -0.39 is 0 Å². The van der Waals surface area contributed by atoms with Crippen molar-refractivity contribution >= 4 is 17.9 Å². The molecule has 110 valence electrons. The van der Waals surface area contributed by atoms with Gasteiger partial charge in [-0.3, -0.25) is 4.79 Å². The number of hydrogen-bond acceptors (Lipinski definition) is 4. The van der Waals surface area contributed by atoms with E-state index in [0.29, 0.717) is 35.0 Å². The van der Waals surface area contributed by atoms with Crippen LogP contribution in [0.25, 0.3) is 0 Å². The average molecular weight is 307 g/mol. The summed E-state index contributed by atoms with van der Waals surface area (Å²) < 4.78 is 10.9. The van der Waals surface area contributed by atoms with Crippen molar-refractivity contribution in [1.29, 1.82) is 0 Å². The van der Waals surface area contributed by atoms with Gasteiger partial charge in [0.15, 0.2) is 11.5 Å². The Bertz CT molecular complexity index is 623. The molecule has 0 aliphatic rings. The third-order valence-electron chi connectivity index (χ3n) is 2.98. The van der Waals surface area contributed by atoms with E-state index in [1.165, 1.54) is 13.2 Å². The molecule has 21 heavy (non-hydrogen) atoms. The molecule has 0 atom stereocenters. The molecule has 0 saturated carbocycles. The highest BCUT2D eigenvalue weighted by atomic mass is 35.5. The molecule has 0 saturated heterocycles. The van der Waals surface area contributed by atoms with E-state index in [1.54, 1.807) is 6.07 Å². The van der Waals surface area contributed by atoms with Gasteiger partial charge in [-0.15, -0.1) is 0 Å². The first-order valence-corrected chi connectivity index (χ1v) is 6.70. The fraction of sp³-hybridized carbons (Fsp3) is 0.188. The lowest BCUT2D eigenvalue weighted by atomic mass is 10.1. The molecule has 0 radical (unpaired) electrons. The van der Waals surface area contributed by atoms with Crippen LogP contribution in [0.3, 0.4) is 0 Å². The van der Waals surface area contributed by atoms with E-state index in [4.69, 9.17) is 26.2 Å². The number of benzene rings is 2. The third-order valence-corrected chi connectivity index (χ3v) is 3.26. The monoisotopic (exact) mass is 306 g/mol. The van der Waals surface area contributed by atoms with Gasteiger partial charge in [-0.25, -0.2) is 0 Å². The molecule has 1 N–H and O–H groups in total. The number of methoxy groups -OCH3 is 1. The molecule has 2 rings (SSSR count). The van der Waals surface area contributed by atoms with Gasteiger partial charge in [0.25, 0.3) is 0 Å². The summed E-state index contributed by atoms with van der Waals surface area (Å²) in [6.07, 6.45) is 0.700. The molecule has 0 aromatic heterocycles. The number of aliphatic hydroxyl groups is 1. The molecule has 4 nitrogen and oxygen atoms in total. The number of carbonyl (C=O) groups is 1. The van der Waals surface area contributed by atoms with Gasteiger partial charge in [0.2, 0.25) is 0 Å². The van der Waals surface area contributed by atoms with Crippen LogP contribution in [-0.4, -0.2) is 18.5 Å². The maximum absolute atomic E-state index is 10.8. The SMILES string of the molecule is COc1cc(C=O)cc(Cl)c1OCc1ccc(CO)cc1. The van der Waals surface area contributed by atoms with Crippen molar-refractivity contribution in [2.75, 3.05) is 7.11 Å². The number of ether oxygens (including phenoxy) is 2. The molecular formula is C16H15ClO4. The van der Waals surface area contributed by atoms with E-state index >= 15 is 0 Å². The van der Waals surface area contributed by atoms with Crippen molar-refractivity contribution in [2.45, 2.75) is 13.2 Å². The summed E-state index contributed by atoms with van der Waals surface area (Å²) in [5.74, 6) is 0.813. The fourth-order valence-electron chi connectivity index (χ4n) is 1.84. The van der Waals surface area contributed by atoms with Gasteiger partial charge in [-0.05, 0) is 23.3 Å². The molecule has 2 aromatic rings. The normalized spacial score (nSPS) is 10.2. The van der Waals surface area contributed by atoms with E-state index in [-0.39, 0.29) is 6.61 Å². The molecule has 5 heteroatoms. The van der Waals surface area contributed by atoms with Crippen LogP contribution in [0, 0.1) is 0 Å². The summed E-state index contributed by atoms with van der Waals surface area (Å²) in [5.41, 5.74) is 2.20. The molecule has 0 fully saturated rings. The van der Waals surface area contributed by atoms with Crippen molar-refractivity contribution in [2.24, 2.45) is 0 Å². The van der Waals surface area contributed by atoms with E-state index in [9.17, 15) is 4.79 Å². The number of carbonyl (C=O) groups excluding carboxylic acids is 1. The highest BCUT2D eigenvalue weighted by molar-refractivity contribution is 6.32. The second-order valence-electron chi connectivity index (χ2n) is 4.42. The first kappa shape index (κ1) is 15.4. The van der Waals surface area contributed by atoms with Crippen LogP contribution < -0.4 is 9.47 Å². The van der Waals surface area contributed by atoms with E-state index in [0.717, 1.165) is 11.1 Å². The number of aliphatic hydroxyl groups excluding tert-OH is 1. The standard InChI is InChI=1S/C16H15ClO4/c1-20-15-7-13(9-19)6-14(17)16(15)21-10-12-4-2-11(8-18)3-5-12/h2-7,9,18H,8,10H2,1H3. The maximum atomic E-state index is 10.8. The Morgan fingerprint density at radius 1 is 1.19 bits per heavy atom. The molecular weight excluding hydrogens is 292 g/mol. The molecule has 2 aromatic carbocycles. The minimum Gasteiger partial charge on any atom is -0.493 e. The highest BCUT2D eigenvalue weighted by Crippen LogP contribution is 2.36. The Balaban J connectivity index is 2.16. The zero-order valence-corrected chi connectivity index (χ0v) is 12.3. The first-order chi connectivity index (χ1) is 10.2. The third kappa shape index (κ3) is 3.74. The highest BCUT2D eigenvalue weighted by Gasteiger charge is 2.12. The summed E-state index contributed by atoms with van der Waals surface area (Å²) >= 11 is 6.11. The lowest BCUT2D eigenvalue weighted by Gasteiger charge is -2.13. The molecule has 0 bridgehead atoms. The van der Waals surface area contributed by atoms with Crippen molar-refractivity contribution in [3.8, 4) is 11.5 Å². The second-order valence-corrected chi connectivity index (χ2v) is 4.82.